The van der Waals surface area contributed by atoms with Crippen LogP contribution in [0.2, 0.25) is 0 Å². The largest absolute Gasteiger partial charge is 0.505 e. The predicted octanol–water partition coefficient (Wildman–Crippen LogP) is 2.23. The van der Waals surface area contributed by atoms with Gasteiger partial charge in [0.25, 0.3) is 40.5 Å². The lowest BCUT2D eigenvalue weighted by Gasteiger charge is -2.17. The van der Waals surface area contributed by atoms with E-state index < -0.39 is 79.2 Å². The molecule has 0 aliphatic rings. The molecule has 8 aromatic rings. The third-order valence-corrected chi connectivity index (χ3v) is 18.3. The second-order valence-corrected chi connectivity index (χ2v) is 28.0. The number of aliphatic hydroxyl groups is 12. The number of fused-ring (bicyclic) bond motifs is 4. The normalized spacial score (nSPS) is 12.0. The van der Waals surface area contributed by atoms with Gasteiger partial charge in [-0.25, -0.2) is 4.79 Å². The van der Waals surface area contributed by atoms with Crippen molar-refractivity contribution < 1.29 is 128 Å². The van der Waals surface area contributed by atoms with E-state index in [9.17, 15) is 66.9 Å². The Morgan fingerprint density at radius 1 is 0.302 bits per heavy atom. The molecule has 8 rings (SSSR count). The number of phenolic OH excluding ortho intramolecular Hbond substituents is 2. The van der Waals surface area contributed by atoms with Gasteiger partial charge in [-0.05, 0) is 129 Å². The van der Waals surface area contributed by atoms with E-state index in [0.717, 1.165) is 24.3 Å². The molecule has 584 valence electrons. The molecule has 41 heteroatoms. The highest BCUT2D eigenvalue weighted by molar-refractivity contribution is 7.86. The van der Waals surface area contributed by atoms with Gasteiger partial charge in [0.15, 0.2) is 11.5 Å². The van der Waals surface area contributed by atoms with Crippen LogP contribution in [0.1, 0.15) is 0 Å². The highest BCUT2D eigenvalue weighted by atomic mass is 32.2. The van der Waals surface area contributed by atoms with Crippen LogP contribution in [0.15, 0.2) is 161 Å². The third kappa shape index (κ3) is 29.2. The lowest BCUT2D eigenvalue weighted by Crippen LogP contribution is -2.32. The second-order valence-electron chi connectivity index (χ2n) is 22.3. The van der Waals surface area contributed by atoms with Gasteiger partial charge in [-0.15, -0.1) is 10.2 Å². The number of benzene rings is 8. The van der Waals surface area contributed by atoms with Crippen molar-refractivity contribution in [2.45, 2.75) is 19.6 Å². The van der Waals surface area contributed by atoms with E-state index in [-0.39, 0.29) is 133 Å². The van der Waals surface area contributed by atoms with Gasteiger partial charge in [0.05, 0.1) is 100 Å². The molecule has 0 aromatic heterocycles. The van der Waals surface area contributed by atoms with Crippen molar-refractivity contribution >= 4 is 124 Å². The molecule has 20 N–H and O–H groups in total. The number of nitrogens with one attached hydrogen (secondary N) is 2. The summed E-state index contributed by atoms with van der Waals surface area (Å²) in [5.41, 5.74) is -0.812. The maximum Gasteiger partial charge on any atom is 0.323 e. The van der Waals surface area contributed by atoms with Gasteiger partial charge in [-0.1, -0.05) is 24.3 Å². The van der Waals surface area contributed by atoms with Gasteiger partial charge in [-0.2, -0.15) is 43.9 Å². The van der Waals surface area contributed by atoms with Gasteiger partial charge >= 0.3 is 6.03 Å². The summed E-state index contributed by atoms with van der Waals surface area (Å²) in [6.45, 7) is 7.01. The molecule has 0 heterocycles. The molecule has 8 aromatic carbocycles. The summed E-state index contributed by atoms with van der Waals surface area (Å²) in [7, 11) is -19.0. The molecule has 0 saturated carbocycles. The van der Waals surface area contributed by atoms with Crippen molar-refractivity contribution in [1.29, 1.82) is 0 Å². The number of amides is 2. The molecule has 0 aliphatic carbocycles. The summed E-state index contributed by atoms with van der Waals surface area (Å²) in [5, 5.41) is 147. The minimum Gasteiger partial charge on any atom is -0.505 e. The highest BCUT2D eigenvalue weighted by Gasteiger charge is 2.25. The van der Waals surface area contributed by atoms with E-state index in [0.29, 0.717) is 100 Å². The maximum absolute atomic E-state index is 13.1. The first-order valence-electron chi connectivity index (χ1n) is 32.0. The minimum absolute atomic E-state index is 0.0268. The Labute approximate surface area is 609 Å². The van der Waals surface area contributed by atoms with Crippen LogP contribution in [-0.2, 0) is 40.5 Å². The molecular formula is C65H88N10O27S4. The number of phenols is 2. The Morgan fingerprint density at radius 2 is 0.557 bits per heavy atom. The van der Waals surface area contributed by atoms with Crippen LogP contribution < -0.4 is 10.6 Å². The SMILES string of the molecule is O=C(Nc1ccc2c(O)c(N=Nc3ccc4cc(S(=O)(=O)O)ccc4c3)c(S(=O)(=O)O)cc2c1)Nc1ccc2c(O)c(N=Nc3ccc4cc(S(=O)(=O)O)ccc4c3)c(S(=O)(=O)O)cc2c1.OCCN(CCO)CCO.OCCN(CCO)CCO.OCCN(CCO)CCO.OCCN(CCO)CCO. The zero-order valence-corrected chi connectivity index (χ0v) is 60.2. The number of aliphatic hydroxyl groups excluding tert-OH is 12. The van der Waals surface area contributed by atoms with Crippen LogP contribution >= 0.6 is 0 Å². The fourth-order valence-corrected chi connectivity index (χ4v) is 12.2. The van der Waals surface area contributed by atoms with Gasteiger partial charge in [0, 0.05) is 101 Å². The fourth-order valence-electron chi connectivity index (χ4n) is 9.86. The Morgan fingerprint density at radius 3 is 0.802 bits per heavy atom. The summed E-state index contributed by atoms with van der Waals surface area (Å²) in [5.74, 6) is -1.39. The van der Waals surface area contributed by atoms with Gasteiger partial charge < -0.3 is 82.1 Å². The number of anilines is 2. The van der Waals surface area contributed by atoms with Crippen LogP contribution in [0.4, 0.5) is 38.9 Å². The summed E-state index contributed by atoms with van der Waals surface area (Å²) < 4.78 is 135. The number of hydrogen-bond acceptors (Lipinski definition) is 31. The van der Waals surface area contributed by atoms with Gasteiger partial charge in [-0.3, -0.25) is 37.8 Å². The molecule has 0 bridgehead atoms. The van der Waals surface area contributed by atoms with Crippen molar-refractivity contribution in [1.82, 2.24) is 19.6 Å². The Bertz CT molecular complexity index is 4300. The van der Waals surface area contributed by atoms with E-state index in [1.54, 1.807) is 19.6 Å². The zero-order valence-electron chi connectivity index (χ0n) is 57.0. The molecule has 0 aliphatic heterocycles. The first kappa shape index (κ1) is 90.3. The Kier molecular flexibility index (Phi) is 38.2. The number of carbonyl (C=O) groups is 1. The van der Waals surface area contributed by atoms with Crippen molar-refractivity contribution in [3.8, 4) is 11.5 Å². The molecule has 0 fully saturated rings. The molecule has 0 saturated heterocycles. The molecule has 106 heavy (non-hydrogen) atoms. The Balaban J connectivity index is 0.000000480. The number of urea groups is 1. The van der Waals surface area contributed by atoms with Crippen molar-refractivity contribution in [2.75, 3.05) is 168 Å². The van der Waals surface area contributed by atoms with Crippen LogP contribution in [0.5, 0.6) is 11.5 Å². The molecular weight excluding hydrogens is 1480 g/mol. The fraction of sp³-hybridized carbons (Fsp3) is 0.369. The second kappa shape index (κ2) is 44.9. The van der Waals surface area contributed by atoms with Crippen LogP contribution in [0.3, 0.4) is 0 Å². The summed E-state index contributed by atoms with van der Waals surface area (Å²) >= 11 is 0. The number of hydrogen-bond donors (Lipinski definition) is 20. The summed E-state index contributed by atoms with van der Waals surface area (Å²) in [6, 6.07) is 25.3. The monoisotopic (exact) mass is 1570 g/mol. The standard InChI is InChI=1S/C41H28N6O15S4.4C6H15NO3/c48-39-33-11-7-27(15-25(33)19-35(65(57,58)59)37(39)46-44-29-5-1-23-17-31(63(51,52)53)9-3-21(23)13-29)42-41(50)43-28-8-12-34-26(16-28)20-36(66(60,61)62)38(40(34)49)47-45-30-6-2-24-18-32(64(54,55)56)10-4-22(24)14-30;4*8-4-1-7(2-5-9)3-6-10/h1-20,48-49H,(H2,42,43,50)(H,51,52,53)(H,54,55,56)(H,57,58,59)(H,60,61,62);4*8-10H,1-6H2. The molecule has 37 nitrogen and oxygen atoms in total. The van der Waals surface area contributed by atoms with Gasteiger partial charge in [0.2, 0.25) is 0 Å². The van der Waals surface area contributed by atoms with Crippen LogP contribution in [-0.4, -0.2) is 307 Å². The van der Waals surface area contributed by atoms with Gasteiger partial charge in [0.1, 0.15) is 21.2 Å². The zero-order chi connectivity index (χ0) is 78.8. The van der Waals surface area contributed by atoms with Crippen LogP contribution in [0.25, 0.3) is 43.1 Å². The lowest BCUT2D eigenvalue weighted by molar-refractivity contribution is 0.136. The van der Waals surface area contributed by atoms with E-state index in [2.05, 4.69) is 31.1 Å². The predicted molar refractivity (Wildman–Crippen MR) is 390 cm³/mol. The average Bonchev–Trinajstić information content (AvgIpc) is 0.773. The summed E-state index contributed by atoms with van der Waals surface area (Å²) in [6.07, 6.45) is 0. The molecule has 2 amide bonds. The van der Waals surface area contributed by atoms with E-state index in [1.807, 2.05) is 0 Å². The van der Waals surface area contributed by atoms with E-state index in [4.69, 9.17) is 61.3 Å². The number of rotatable bonds is 34. The number of azo groups is 2. The highest BCUT2D eigenvalue weighted by Crippen LogP contribution is 2.44. The van der Waals surface area contributed by atoms with E-state index in [1.165, 1.54) is 97.1 Å². The maximum atomic E-state index is 13.1. The van der Waals surface area contributed by atoms with Crippen molar-refractivity contribution in [3.63, 3.8) is 0 Å². The first-order valence-corrected chi connectivity index (χ1v) is 37.8. The lowest BCUT2D eigenvalue weighted by atomic mass is 10.1. The minimum atomic E-state index is -5.04. The summed E-state index contributed by atoms with van der Waals surface area (Å²) in [4.78, 5) is 18.0. The molecule has 0 radical (unpaired) electrons. The van der Waals surface area contributed by atoms with Crippen LogP contribution in [0, 0.1) is 0 Å². The topological polar surface area (TPSA) is 604 Å². The van der Waals surface area contributed by atoms with E-state index >= 15 is 0 Å². The molecule has 0 atom stereocenters. The first-order chi connectivity index (χ1) is 50.3. The quantitative estimate of drug-likeness (QED) is 0.0203. The number of nitrogens with zero attached hydrogens (tertiary/aromatic N) is 8. The molecule has 0 spiro atoms. The Hall–Kier alpha value is -8.13. The number of carbonyl (C=O) groups excluding carboxylic acids is 1. The molecule has 0 unspecified atom stereocenters. The smallest absolute Gasteiger partial charge is 0.323 e. The number of aromatic hydroxyl groups is 2. The average molecular weight is 1570 g/mol. The van der Waals surface area contributed by atoms with Crippen molar-refractivity contribution in [3.05, 3.63) is 121 Å². The van der Waals surface area contributed by atoms with Crippen molar-refractivity contribution in [2.24, 2.45) is 20.5 Å². The third-order valence-electron chi connectivity index (χ3n) is 14.9.